The first-order valence-electron chi connectivity index (χ1n) is 5.08. The Bertz CT molecular complexity index is 373. The average molecular weight is 225 g/mol. The van der Waals surface area contributed by atoms with Crippen molar-refractivity contribution in [3.63, 3.8) is 0 Å². The third-order valence-electron chi connectivity index (χ3n) is 2.07. The highest BCUT2D eigenvalue weighted by Crippen LogP contribution is 1.97. The van der Waals surface area contributed by atoms with E-state index in [0.717, 1.165) is 0 Å². The number of nitrogens with zero attached hydrogens (tertiary/aromatic N) is 2. The van der Waals surface area contributed by atoms with Gasteiger partial charge in [-0.25, -0.2) is 0 Å². The zero-order chi connectivity index (χ0) is 12.0. The van der Waals surface area contributed by atoms with Crippen molar-refractivity contribution in [2.24, 2.45) is 7.05 Å². The molecule has 6 nitrogen and oxygen atoms in total. The summed E-state index contributed by atoms with van der Waals surface area (Å²) in [5.74, 6) is -0.984. The maximum atomic E-state index is 11.5. The van der Waals surface area contributed by atoms with Crippen molar-refractivity contribution in [3.05, 3.63) is 18.0 Å². The second-order valence-electron chi connectivity index (χ2n) is 3.51. The molecule has 1 aromatic rings. The molecular weight excluding hydrogens is 210 g/mol. The Balaban J connectivity index is 2.18. The molecule has 6 heteroatoms. The molecule has 0 aliphatic carbocycles. The third kappa shape index (κ3) is 4.12. The van der Waals surface area contributed by atoms with Crippen molar-refractivity contribution in [1.29, 1.82) is 0 Å². The van der Waals surface area contributed by atoms with Gasteiger partial charge in [0.25, 0.3) is 5.91 Å². The predicted octanol–water partition coefficient (Wildman–Crippen LogP) is 0.405. The second kappa shape index (κ2) is 5.89. The summed E-state index contributed by atoms with van der Waals surface area (Å²) >= 11 is 0. The Morgan fingerprint density at radius 2 is 2.25 bits per heavy atom. The fourth-order valence-corrected chi connectivity index (χ4v) is 1.24. The minimum Gasteiger partial charge on any atom is -0.481 e. The number of rotatable bonds is 6. The maximum Gasteiger partial charge on any atom is 0.303 e. The van der Waals surface area contributed by atoms with Gasteiger partial charge in [-0.2, -0.15) is 5.10 Å². The van der Waals surface area contributed by atoms with E-state index in [9.17, 15) is 9.59 Å². The number of aliphatic carboxylic acids is 1. The number of carboxylic acids is 1. The zero-order valence-electron chi connectivity index (χ0n) is 9.14. The van der Waals surface area contributed by atoms with Gasteiger partial charge in [-0.05, 0) is 12.8 Å². The molecule has 0 saturated heterocycles. The van der Waals surface area contributed by atoms with Gasteiger partial charge in [-0.3, -0.25) is 14.3 Å². The van der Waals surface area contributed by atoms with Crippen molar-refractivity contribution in [2.75, 3.05) is 6.54 Å². The first-order valence-corrected chi connectivity index (χ1v) is 5.08. The van der Waals surface area contributed by atoms with E-state index < -0.39 is 5.97 Å². The number of aromatic nitrogens is 2. The average Bonchev–Trinajstić information content (AvgIpc) is 2.63. The minimum absolute atomic E-state index is 0.142. The fourth-order valence-electron chi connectivity index (χ4n) is 1.24. The molecule has 1 heterocycles. The number of hydrogen-bond acceptors (Lipinski definition) is 3. The van der Waals surface area contributed by atoms with Gasteiger partial charge in [0, 0.05) is 26.2 Å². The summed E-state index contributed by atoms with van der Waals surface area (Å²) in [6.45, 7) is 0.487. The van der Waals surface area contributed by atoms with Crippen LogP contribution in [0.15, 0.2) is 12.4 Å². The highest BCUT2D eigenvalue weighted by atomic mass is 16.4. The van der Waals surface area contributed by atoms with Gasteiger partial charge >= 0.3 is 5.97 Å². The lowest BCUT2D eigenvalue weighted by atomic mass is 10.2. The van der Waals surface area contributed by atoms with E-state index in [-0.39, 0.29) is 12.3 Å². The summed E-state index contributed by atoms with van der Waals surface area (Å²) in [4.78, 5) is 21.7. The Morgan fingerprint density at radius 1 is 1.50 bits per heavy atom. The van der Waals surface area contributed by atoms with E-state index in [1.165, 1.54) is 6.20 Å². The van der Waals surface area contributed by atoms with Crippen molar-refractivity contribution in [2.45, 2.75) is 19.3 Å². The molecule has 0 bridgehead atoms. The van der Waals surface area contributed by atoms with Gasteiger partial charge in [-0.15, -0.1) is 0 Å². The number of amides is 1. The van der Waals surface area contributed by atoms with Gasteiger partial charge in [-0.1, -0.05) is 0 Å². The molecule has 1 amide bonds. The van der Waals surface area contributed by atoms with Crippen LogP contribution in [0.2, 0.25) is 0 Å². The summed E-state index contributed by atoms with van der Waals surface area (Å²) in [5, 5.41) is 15.0. The smallest absolute Gasteiger partial charge is 0.303 e. The van der Waals surface area contributed by atoms with E-state index in [1.807, 2.05) is 0 Å². The van der Waals surface area contributed by atoms with Crippen LogP contribution in [0.5, 0.6) is 0 Å². The van der Waals surface area contributed by atoms with Crippen LogP contribution in [0, 0.1) is 0 Å². The van der Waals surface area contributed by atoms with Crippen LogP contribution in [0.4, 0.5) is 0 Å². The summed E-state index contributed by atoms with van der Waals surface area (Å²) in [5.41, 5.74) is 0.515. The summed E-state index contributed by atoms with van der Waals surface area (Å²) < 4.78 is 1.55. The maximum absolute atomic E-state index is 11.5. The summed E-state index contributed by atoms with van der Waals surface area (Å²) in [6, 6.07) is 0. The molecule has 0 saturated carbocycles. The fraction of sp³-hybridized carbons (Fsp3) is 0.500. The van der Waals surface area contributed by atoms with Crippen LogP contribution in [-0.4, -0.2) is 33.3 Å². The van der Waals surface area contributed by atoms with Crippen LogP contribution in [0.3, 0.4) is 0 Å². The van der Waals surface area contributed by atoms with Crippen LogP contribution in [0.25, 0.3) is 0 Å². The van der Waals surface area contributed by atoms with Gasteiger partial charge < -0.3 is 10.4 Å². The number of hydrogen-bond donors (Lipinski definition) is 2. The molecule has 0 radical (unpaired) electrons. The second-order valence-corrected chi connectivity index (χ2v) is 3.51. The highest BCUT2D eigenvalue weighted by molar-refractivity contribution is 5.93. The lowest BCUT2D eigenvalue weighted by Gasteiger charge is -2.01. The van der Waals surface area contributed by atoms with Crippen LogP contribution in [0.1, 0.15) is 29.6 Å². The number of aryl methyl sites for hydroxylation is 1. The van der Waals surface area contributed by atoms with E-state index in [1.54, 1.807) is 17.9 Å². The van der Waals surface area contributed by atoms with Crippen molar-refractivity contribution in [3.8, 4) is 0 Å². The monoisotopic (exact) mass is 225 g/mol. The molecule has 0 aromatic carbocycles. The quantitative estimate of drug-likeness (QED) is 0.686. The topological polar surface area (TPSA) is 84.2 Å². The molecule has 0 unspecified atom stereocenters. The third-order valence-corrected chi connectivity index (χ3v) is 2.07. The standard InChI is InChI=1S/C10H15N3O3/c1-13-7-8(6-12-13)10(16)11-5-3-2-4-9(14)15/h6-7H,2-5H2,1H3,(H,11,16)(H,14,15). The SMILES string of the molecule is Cn1cc(C(=O)NCCCCC(=O)O)cn1. The van der Waals surface area contributed by atoms with Crippen molar-refractivity contribution < 1.29 is 14.7 Å². The lowest BCUT2D eigenvalue weighted by Crippen LogP contribution is -2.24. The Hall–Kier alpha value is -1.85. The molecule has 0 aliphatic rings. The van der Waals surface area contributed by atoms with Crippen LogP contribution in [-0.2, 0) is 11.8 Å². The molecule has 1 rings (SSSR count). The predicted molar refractivity (Wildman–Crippen MR) is 57.0 cm³/mol. The zero-order valence-corrected chi connectivity index (χ0v) is 9.14. The molecule has 0 spiro atoms. The van der Waals surface area contributed by atoms with Gasteiger partial charge in [0.1, 0.15) is 0 Å². The van der Waals surface area contributed by atoms with Gasteiger partial charge in [0.15, 0.2) is 0 Å². The molecule has 1 aromatic heterocycles. The number of carbonyl (C=O) groups is 2. The van der Waals surface area contributed by atoms with E-state index in [0.29, 0.717) is 24.9 Å². The summed E-state index contributed by atoms with van der Waals surface area (Å²) in [7, 11) is 1.74. The van der Waals surface area contributed by atoms with E-state index >= 15 is 0 Å². The van der Waals surface area contributed by atoms with Crippen molar-refractivity contribution >= 4 is 11.9 Å². The molecule has 0 fully saturated rings. The Morgan fingerprint density at radius 3 is 2.81 bits per heavy atom. The first-order chi connectivity index (χ1) is 7.59. The Labute approximate surface area is 93.3 Å². The first kappa shape index (κ1) is 12.2. The van der Waals surface area contributed by atoms with Crippen molar-refractivity contribution in [1.82, 2.24) is 15.1 Å². The van der Waals surface area contributed by atoms with E-state index in [4.69, 9.17) is 5.11 Å². The highest BCUT2D eigenvalue weighted by Gasteiger charge is 2.06. The number of unbranched alkanes of at least 4 members (excludes halogenated alkanes) is 1. The minimum atomic E-state index is -0.807. The Kier molecular flexibility index (Phi) is 4.50. The molecule has 88 valence electrons. The van der Waals surface area contributed by atoms with Gasteiger partial charge in [0.2, 0.25) is 0 Å². The molecule has 0 atom stereocenters. The number of carbonyl (C=O) groups excluding carboxylic acids is 1. The number of nitrogens with one attached hydrogen (secondary N) is 1. The van der Waals surface area contributed by atoms with Crippen LogP contribution >= 0.6 is 0 Å². The molecule has 2 N–H and O–H groups in total. The van der Waals surface area contributed by atoms with E-state index in [2.05, 4.69) is 10.4 Å². The molecular formula is C10H15N3O3. The van der Waals surface area contributed by atoms with Crippen LogP contribution < -0.4 is 5.32 Å². The molecule has 0 aliphatic heterocycles. The van der Waals surface area contributed by atoms with Gasteiger partial charge in [0.05, 0.1) is 11.8 Å². The normalized spacial score (nSPS) is 10.1. The largest absolute Gasteiger partial charge is 0.481 e. The lowest BCUT2D eigenvalue weighted by molar-refractivity contribution is -0.137. The molecule has 16 heavy (non-hydrogen) atoms. The summed E-state index contributed by atoms with van der Waals surface area (Å²) in [6.07, 6.45) is 4.50. The number of carboxylic acid groups (broad SMARTS) is 1.